The van der Waals surface area contributed by atoms with E-state index in [1.807, 2.05) is 0 Å². The van der Waals surface area contributed by atoms with Crippen LogP contribution in [-0.2, 0) is 10.2 Å². The van der Waals surface area contributed by atoms with Crippen LogP contribution < -0.4 is 10.5 Å². The Morgan fingerprint density at radius 3 is 2.38 bits per heavy atom. The molecule has 0 atom stereocenters. The summed E-state index contributed by atoms with van der Waals surface area (Å²) >= 11 is 0. The van der Waals surface area contributed by atoms with Gasteiger partial charge in [-0.1, -0.05) is 13.8 Å². The Labute approximate surface area is 98.6 Å². The van der Waals surface area contributed by atoms with Gasteiger partial charge in [0.15, 0.2) is 0 Å². The molecule has 0 aromatic carbocycles. The van der Waals surface area contributed by atoms with E-state index in [0.29, 0.717) is 24.9 Å². The summed E-state index contributed by atoms with van der Waals surface area (Å²) in [6, 6.07) is 0. The number of nitrogens with two attached hydrogens (primary N) is 1. The number of nitrogens with one attached hydrogen (secondary N) is 1. The maximum absolute atomic E-state index is 11.1. The fraction of sp³-hybridized carbons (Fsp3) is 1.00. The summed E-state index contributed by atoms with van der Waals surface area (Å²) in [7, 11) is -3.47. The summed E-state index contributed by atoms with van der Waals surface area (Å²) < 4.78 is 23.5. The molecule has 0 radical (unpaired) electrons. The van der Waals surface area contributed by atoms with E-state index in [0.717, 1.165) is 25.9 Å². The van der Waals surface area contributed by atoms with E-state index in [4.69, 9.17) is 5.14 Å². The van der Waals surface area contributed by atoms with Crippen molar-refractivity contribution >= 4 is 10.2 Å². The predicted octanol–water partition coefficient (Wildman–Crippen LogP) is 0.148. The van der Waals surface area contributed by atoms with Crippen molar-refractivity contribution in [2.75, 3.05) is 26.2 Å². The maximum Gasteiger partial charge on any atom is 0.276 e. The van der Waals surface area contributed by atoms with E-state index < -0.39 is 10.2 Å². The Morgan fingerprint density at radius 2 is 1.94 bits per heavy atom. The lowest BCUT2D eigenvalue weighted by Gasteiger charge is -2.30. The van der Waals surface area contributed by atoms with E-state index in [9.17, 15) is 8.42 Å². The van der Waals surface area contributed by atoms with Crippen LogP contribution in [-0.4, -0.2) is 38.9 Å². The molecule has 0 spiro atoms. The second kappa shape index (κ2) is 5.95. The third-order valence-electron chi connectivity index (χ3n) is 2.92. The Hall–Kier alpha value is -0.170. The summed E-state index contributed by atoms with van der Waals surface area (Å²) in [6.07, 6.45) is 1.81. The van der Waals surface area contributed by atoms with Crippen LogP contribution >= 0.6 is 0 Å². The molecule has 3 N–H and O–H groups in total. The minimum absolute atomic E-state index is 0.562. The highest BCUT2D eigenvalue weighted by Gasteiger charge is 2.24. The van der Waals surface area contributed by atoms with Gasteiger partial charge >= 0.3 is 0 Å². The molecular weight excluding hydrogens is 226 g/mol. The SMILES string of the molecule is CC(C)CNCC1CCN(S(N)(=O)=O)CC1. The highest BCUT2D eigenvalue weighted by Crippen LogP contribution is 2.17. The van der Waals surface area contributed by atoms with Crippen molar-refractivity contribution in [2.45, 2.75) is 26.7 Å². The molecule has 0 unspecified atom stereocenters. The molecule has 1 fully saturated rings. The minimum Gasteiger partial charge on any atom is -0.316 e. The van der Waals surface area contributed by atoms with E-state index >= 15 is 0 Å². The molecule has 1 rings (SSSR count). The maximum atomic E-state index is 11.1. The molecule has 0 saturated carbocycles. The average molecular weight is 249 g/mol. The van der Waals surface area contributed by atoms with Gasteiger partial charge < -0.3 is 5.32 Å². The van der Waals surface area contributed by atoms with Gasteiger partial charge in [-0.2, -0.15) is 12.7 Å². The molecule has 0 amide bonds. The molecule has 1 aliphatic rings. The van der Waals surface area contributed by atoms with E-state index in [2.05, 4.69) is 19.2 Å². The first-order chi connectivity index (χ1) is 7.39. The standard InChI is InChI=1S/C10H23N3O2S/c1-9(2)7-12-8-10-3-5-13(6-4-10)16(11,14)15/h9-10,12H,3-8H2,1-2H3,(H2,11,14,15). The molecule has 0 aromatic rings. The number of hydrogen-bond acceptors (Lipinski definition) is 3. The minimum atomic E-state index is -3.47. The lowest BCUT2D eigenvalue weighted by molar-refractivity contribution is 0.266. The third-order valence-corrected chi connectivity index (χ3v) is 4.00. The molecule has 6 heteroatoms. The molecule has 0 aromatic heterocycles. The second-order valence-electron chi connectivity index (χ2n) is 4.94. The summed E-state index contributed by atoms with van der Waals surface area (Å²) in [4.78, 5) is 0. The van der Waals surface area contributed by atoms with Crippen molar-refractivity contribution in [1.29, 1.82) is 0 Å². The zero-order valence-corrected chi connectivity index (χ0v) is 11.0. The summed E-state index contributed by atoms with van der Waals surface area (Å²) in [6.45, 7) is 7.49. The Balaban J connectivity index is 2.22. The van der Waals surface area contributed by atoms with Crippen molar-refractivity contribution < 1.29 is 8.42 Å². The number of rotatable bonds is 5. The first-order valence-electron chi connectivity index (χ1n) is 5.88. The van der Waals surface area contributed by atoms with Crippen molar-refractivity contribution in [3.8, 4) is 0 Å². The van der Waals surface area contributed by atoms with Gasteiger partial charge in [-0.15, -0.1) is 0 Å². The lowest BCUT2D eigenvalue weighted by atomic mass is 9.98. The lowest BCUT2D eigenvalue weighted by Crippen LogP contribution is -2.43. The first-order valence-corrected chi connectivity index (χ1v) is 7.38. The van der Waals surface area contributed by atoms with Crippen LogP contribution in [0.15, 0.2) is 0 Å². The van der Waals surface area contributed by atoms with Crippen LogP contribution in [0, 0.1) is 11.8 Å². The Kier molecular flexibility index (Phi) is 5.17. The van der Waals surface area contributed by atoms with Crippen LogP contribution in [0.25, 0.3) is 0 Å². The van der Waals surface area contributed by atoms with Gasteiger partial charge in [-0.05, 0) is 37.8 Å². The van der Waals surface area contributed by atoms with E-state index in [1.54, 1.807) is 0 Å². The van der Waals surface area contributed by atoms with Crippen molar-refractivity contribution in [1.82, 2.24) is 9.62 Å². The molecule has 1 aliphatic heterocycles. The van der Waals surface area contributed by atoms with Crippen LogP contribution in [0.5, 0.6) is 0 Å². The Bertz CT molecular complexity index is 295. The molecule has 1 saturated heterocycles. The zero-order valence-electron chi connectivity index (χ0n) is 10.1. The third kappa shape index (κ3) is 4.78. The van der Waals surface area contributed by atoms with E-state index in [-0.39, 0.29) is 0 Å². The van der Waals surface area contributed by atoms with Gasteiger partial charge in [0, 0.05) is 13.1 Å². The first kappa shape index (κ1) is 13.9. The van der Waals surface area contributed by atoms with Crippen molar-refractivity contribution in [3.63, 3.8) is 0 Å². The molecule has 16 heavy (non-hydrogen) atoms. The Morgan fingerprint density at radius 1 is 1.38 bits per heavy atom. The number of piperidine rings is 1. The van der Waals surface area contributed by atoms with Crippen LogP contribution in [0.3, 0.4) is 0 Å². The van der Waals surface area contributed by atoms with Crippen LogP contribution in [0.4, 0.5) is 0 Å². The quantitative estimate of drug-likeness (QED) is 0.728. The van der Waals surface area contributed by atoms with Gasteiger partial charge in [0.05, 0.1) is 0 Å². The smallest absolute Gasteiger partial charge is 0.276 e. The highest BCUT2D eigenvalue weighted by atomic mass is 32.2. The summed E-state index contributed by atoms with van der Waals surface area (Å²) in [5.74, 6) is 1.24. The molecule has 1 heterocycles. The molecular formula is C10H23N3O2S. The molecule has 0 aliphatic carbocycles. The summed E-state index contributed by atoms with van der Waals surface area (Å²) in [5.41, 5.74) is 0. The molecule has 5 nitrogen and oxygen atoms in total. The predicted molar refractivity (Wildman–Crippen MR) is 65.1 cm³/mol. The second-order valence-corrected chi connectivity index (χ2v) is 6.49. The monoisotopic (exact) mass is 249 g/mol. The molecule has 96 valence electrons. The zero-order chi connectivity index (χ0) is 12.2. The topological polar surface area (TPSA) is 75.4 Å². The fourth-order valence-electron chi connectivity index (χ4n) is 1.94. The van der Waals surface area contributed by atoms with Crippen LogP contribution in [0.2, 0.25) is 0 Å². The van der Waals surface area contributed by atoms with Crippen molar-refractivity contribution in [3.05, 3.63) is 0 Å². The van der Waals surface area contributed by atoms with Gasteiger partial charge in [0.1, 0.15) is 0 Å². The van der Waals surface area contributed by atoms with Gasteiger partial charge in [0.25, 0.3) is 10.2 Å². The van der Waals surface area contributed by atoms with Gasteiger partial charge in [-0.25, -0.2) is 5.14 Å². The largest absolute Gasteiger partial charge is 0.316 e. The fourth-order valence-corrected chi connectivity index (χ4v) is 2.66. The number of nitrogens with zero attached hydrogens (tertiary/aromatic N) is 1. The van der Waals surface area contributed by atoms with Gasteiger partial charge in [-0.3, -0.25) is 0 Å². The summed E-state index contributed by atoms with van der Waals surface area (Å²) in [5, 5.41) is 8.49. The van der Waals surface area contributed by atoms with E-state index in [1.165, 1.54) is 4.31 Å². The van der Waals surface area contributed by atoms with Crippen LogP contribution in [0.1, 0.15) is 26.7 Å². The van der Waals surface area contributed by atoms with Gasteiger partial charge in [0.2, 0.25) is 0 Å². The number of hydrogen-bond donors (Lipinski definition) is 2. The average Bonchev–Trinajstić information content (AvgIpc) is 2.16. The highest BCUT2D eigenvalue weighted by molar-refractivity contribution is 7.86. The molecule has 0 bridgehead atoms. The normalized spacial score (nSPS) is 20.5. The van der Waals surface area contributed by atoms with Crippen molar-refractivity contribution in [2.24, 2.45) is 17.0 Å².